The van der Waals surface area contributed by atoms with Gasteiger partial charge in [0.1, 0.15) is 0 Å². The summed E-state index contributed by atoms with van der Waals surface area (Å²) in [5, 5.41) is 23.1. The van der Waals surface area contributed by atoms with Crippen LogP contribution in [-0.4, -0.2) is 0 Å². The summed E-state index contributed by atoms with van der Waals surface area (Å²) in [7, 11) is 0. The first kappa shape index (κ1) is 57.3. The van der Waals surface area contributed by atoms with Crippen LogP contribution in [0.15, 0.2) is 352 Å². The standard InChI is InChI=1S/C49H35N.C46H29NS/c1-49(2)45-15-9-8-14-44(45)48-43-26-21-35-16-17-37-31-40(25-27-41(37)47(35)42(43)28-29-46(48)49)50(39-24-20-33-12-6-7-13-36(33)30-39)38-22-18-34(19-23-38)32-10-4-3-5-11-32;1-2-8-30(9-3-1)32-18-21-37(22-19-32)47(38-23-20-31-10-4-5-11-34(31)26-38)39-24-25-40-35(27-39)16-14-33-15-17-36-28-43-41-12-6-7-13-44(41)48-45(43)29-42(36)46(33)40/h3-31H,1-2H3;1-29H. The van der Waals surface area contributed by atoms with Crippen LogP contribution in [0, 0.1) is 0 Å². The van der Waals surface area contributed by atoms with E-state index in [0.29, 0.717) is 0 Å². The zero-order valence-electron chi connectivity index (χ0n) is 54.3. The molecule has 1 aliphatic carbocycles. The smallest absolute Gasteiger partial charge is 0.0468 e. The molecule has 0 fully saturated rings. The van der Waals surface area contributed by atoms with Crippen molar-refractivity contribution in [2.45, 2.75) is 19.3 Å². The van der Waals surface area contributed by atoms with Crippen molar-refractivity contribution >= 4 is 152 Å². The minimum absolute atomic E-state index is 0.0196. The SMILES string of the molecule is CC1(C)c2ccccc2-c2c1ccc1c2ccc2ccc3cc(N(c4ccc(-c5ccccc5)cc4)c4ccc5ccccc5c4)ccc3c21.c1ccc(-c2ccc(N(c3ccc4ccccc4c3)c3ccc4c(ccc5ccc6cc7c(cc6c54)sc4ccccc47)c3)cc2)cc1. The van der Waals surface area contributed by atoms with E-state index in [9.17, 15) is 0 Å². The molecular weight excluding hydrogens is 1200 g/mol. The average Bonchev–Trinajstić information content (AvgIpc) is 1.49. The van der Waals surface area contributed by atoms with E-state index in [0.717, 1.165) is 34.1 Å². The molecule has 0 atom stereocenters. The van der Waals surface area contributed by atoms with Gasteiger partial charge >= 0.3 is 0 Å². The van der Waals surface area contributed by atoms with Crippen LogP contribution >= 0.6 is 11.3 Å². The fourth-order valence-corrected chi connectivity index (χ4v) is 17.1. The molecule has 1 aromatic heterocycles. The molecule has 98 heavy (non-hydrogen) atoms. The zero-order chi connectivity index (χ0) is 65.0. The molecule has 0 radical (unpaired) electrons. The number of thiophene rings is 1. The predicted molar refractivity (Wildman–Crippen MR) is 424 cm³/mol. The summed E-state index contributed by atoms with van der Waals surface area (Å²) in [5.74, 6) is 0. The van der Waals surface area contributed by atoms with Crippen LogP contribution in [0.3, 0.4) is 0 Å². The maximum absolute atomic E-state index is 2.42. The Morgan fingerprint density at radius 3 is 1.19 bits per heavy atom. The summed E-state index contributed by atoms with van der Waals surface area (Å²) < 4.78 is 2.68. The van der Waals surface area contributed by atoms with Gasteiger partial charge in [0.2, 0.25) is 0 Å². The Hall–Kier alpha value is -12.1. The number of fused-ring (bicyclic) bond motifs is 19. The van der Waals surface area contributed by atoms with E-state index < -0.39 is 0 Å². The van der Waals surface area contributed by atoms with Gasteiger partial charge in [0, 0.05) is 59.7 Å². The number of hydrogen-bond donors (Lipinski definition) is 0. The summed E-state index contributed by atoms with van der Waals surface area (Å²) in [5.41, 5.74) is 17.2. The van der Waals surface area contributed by atoms with Gasteiger partial charge in [-0.3, -0.25) is 0 Å². The molecule has 0 saturated carbocycles. The lowest BCUT2D eigenvalue weighted by Crippen LogP contribution is -2.14. The molecule has 0 aliphatic heterocycles. The van der Waals surface area contributed by atoms with Crippen molar-refractivity contribution in [1.82, 2.24) is 0 Å². The van der Waals surface area contributed by atoms with Crippen LogP contribution in [0.5, 0.6) is 0 Å². The van der Waals surface area contributed by atoms with Crippen molar-refractivity contribution in [3.8, 4) is 33.4 Å². The van der Waals surface area contributed by atoms with E-state index in [1.54, 1.807) is 0 Å². The highest BCUT2D eigenvalue weighted by molar-refractivity contribution is 7.25. The normalized spacial score (nSPS) is 12.5. The Kier molecular flexibility index (Phi) is 13.5. The Balaban J connectivity index is 0.000000137. The number of nitrogens with zero attached hydrogens (tertiary/aromatic N) is 2. The Bertz CT molecular complexity index is 6390. The molecule has 1 heterocycles. The Morgan fingerprint density at radius 1 is 0.224 bits per heavy atom. The third-order valence-corrected chi connectivity index (χ3v) is 21.9. The monoisotopic (exact) mass is 1260 g/mol. The van der Waals surface area contributed by atoms with Crippen LogP contribution in [0.25, 0.3) is 140 Å². The Labute approximate surface area is 573 Å². The fourth-order valence-electron chi connectivity index (χ4n) is 15.9. The summed E-state index contributed by atoms with van der Waals surface area (Å²) >= 11 is 1.89. The molecule has 0 amide bonds. The molecule has 3 heteroatoms. The van der Waals surface area contributed by atoms with Gasteiger partial charge in [-0.15, -0.1) is 11.3 Å². The second kappa shape index (κ2) is 23.1. The van der Waals surface area contributed by atoms with Crippen molar-refractivity contribution in [3.05, 3.63) is 363 Å². The van der Waals surface area contributed by atoms with E-state index in [2.05, 4.69) is 375 Å². The van der Waals surface area contributed by atoms with Gasteiger partial charge < -0.3 is 9.80 Å². The molecule has 2 nitrogen and oxygen atoms in total. The summed E-state index contributed by atoms with van der Waals surface area (Å²) in [6, 6.07) is 129. The van der Waals surface area contributed by atoms with Crippen LogP contribution < -0.4 is 9.80 Å². The van der Waals surface area contributed by atoms with E-state index in [1.165, 1.54) is 151 Å². The van der Waals surface area contributed by atoms with Crippen molar-refractivity contribution in [2.75, 3.05) is 9.80 Å². The first-order valence-corrected chi connectivity index (χ1v) is 34.8. The third kappa shape index (κ3) is 9.60. The second-order valence-electron chi connectivity index (χ2n) is 26.8. The van der Waals surface area contributed by atoms with Crippen LogP contribution in [-0.2, 0) is 5.41 Å². The van der Waals surface area contributed by atoms with Gasteiger partial charge in [0.25, 0.3) is 0 Å². The average molecular weight is 1270 g/mol. The zero-order valence-corrected chi connectivity index (χ0v) is 55.1. The Morgan fingerprint density at radius 2 is 0.622 bits per heavy atom. The topological polar surface area (TPSA) is 6.48 Å². The maximum atomic E-state index is 2.42. The van der Waals surface area contributed by atoms with Crippen molar-refractivity contribution in [3.63, 3.8) is 0 Å². The first-order chi connectivity index (χ1) is 48.3. The minimum atomic E-state index is -0.0196. The first-order valence-electron chi connectivity index (χ1n) is 33.9. The molecule has 0 N–H and O–H groups in total. The molecule has 0 unspecified atom stereocenters. The lowest BCUT2D eigenvalue weighted by molar-refractivity contribution is 0.661. The van der Waals surface area contributed by atoms with Crippen molar-refractivity contribution in [1.29, 1.82) is 0 Å². The lowest BCUT2D eigenvalue weighted by Gasteiger charge is -2.26. The summed E-state index contributed by atoms with van der Waals surface area (Å²) in [6.45, 7) is 4.72. The van der Waals surface area contributed by atoms with E-state index in [4.69, 9.17) is 0 Å². The van der Waals surface area contributed by atoms with Crippen LogP contribution in [0.1, 0.15) is 25.0 Å². The van der Waals surface area contributed by atoms with E-state index >= 15 is 0 Å². The van der Waals surface area contributed by atoms with Gasteiger partial charge in [-0.1, -0.05) is 275 Å². The molecule has 0 bridgehead atoms. The largest absolute Gasteiger partial charge is 0.310 e. The fraction of sp³-hybridized carbons (Fsp3) is 0.0316. The van der Waals surface area contributed by atoms with E-state index in [-0.39, 0.29) is 5.41 Å². The molecular formula is C95H64N2S. The number of rotatable bonds is 8. The van der Waals surface area contributed by atoms with Gasteiger partial charge in [0.15, 0.2) is 0 Å². The van der Waals surface area contributed by atoms with Crippen LogP contribution in [0.4, 0.5) is 34.1 Å². The molecule has 0 spiro atoms. The van der Waals surface area contributed by atoms with E-state index in [1.807, 2.05) is 11.3 Å². The predicted octanol–water partition coefficient (Wildman–Crippen LogP) is 27.5. The molecule has 460 valence electrons. The quantitative estimate of drug-likeness (QED) is 0.140. The highest BCUT2D eigenvalue weighted by Gasteiger charge is 2.36. The molecule has 0 saturated heterocycles. The summed E-state index contributed by atoms with van der Waals surface area (Å²) in [4.78, 5) is 4.77. The van der Waals surface area contributed by atoms with Gasteiger partial charge in [-0.2, -0.15) is 0 Å². The molecule has 1 aliphatic rings. The number of anilines is 6. The highest BCUT2D eigenvalue weighted by atomic mass is 32.1. The molecule has 18 aromatic carbocycles. The number of hydrogen-bond acceptors (Lipinski definition) is 3. The maximum Gasteiger partial charge on any atom is 0.0468 e. The highest BCUT2D eigenvalue weighted by Crippen LogP contribution is 2.53. The molecule has 19 aromatic rings. The van der Waals surface area contributed by atoms with Gasteiger partial charge in [0.05, 0.1) is 0 Å². The van der Waals surface area contributed by atoms with Crippen molar-refractivity contribution < 1.29 is 0 Å². The third-order valence-electron chi connectivity index (χ3n) is 20.8. The summed E-state index contributed by atoms with van der Waals surface area (Å²) in [6.07, 6.45) is 0. The molecule has 20 rings (SSSR count). The second-order valence-corrected chi connectivity index (χ2v) is 27.8. The van der Waals surface area contributed by atoms with Crippen LogP contribution in [0.2, 0.25) is 0 Å². The van der Waals surface area contributed by atoms with Crippen molar-refractivity contribution in [2.24, 2.45) is 0 Å². The number of benzene rings is 18. The lowest BCUT2D eigenvalue weighted by atomic mass is 9.82. The van der Waals surface area contributed by atoms with Gasteiger partial charge in [-0.25, -0.2) is 0 Å². The van der Waals surface area contributed by atoms with Gasteiger partial charge in [-0.05, 0) is 222 Å². The minimum Gasteiger partial charge on any atom is -0.310 e.